The smallest absolute Gasteiger partial charge is 0.303 e. The maximum atomic E-state index is 10.3. The van der Waals surface area contributed by atoms with Crippen LogP contribution in [0.25, 0.3) is 0 Å². The van der Waals surface area contributed by atoms with Gasteiger partial charge in [0.2, 0.25) is 0 Å². The topological polar surface area (TPSA) is 127 Å². The molecule has 0 spiro atoms. The van der Waals surface area contributed by atoms with Crippen LogP contribution in [-0.4, -0.2) is 70.1 Å². The molecule has 0 aromatic rings. The summed E-state index contributed by atoms with van der Waals surface area (Å²) in [5.74, 6) is 0.212. The molecule has 0 heterocycles. The number of aliphatic carboxylic acids is 1. The van der Waals surface area contributed by atoms with Crippen LogP contribution >= 0.6 is 0 Å². The van der Waals surface area contributed by atoms with E-state index in [1.54, 1.807) is 0 Å². The molecule has 0 saturated heterocycles. The molecule has 0 aliphatic carbocycles. The van der Waals surface area contributed by atoms with E-state index in [4.69, 9.17) is 30.3 Å². The summed E-state index contributed by atoms with van der Waals surface area (Å²) in [6, 6.07) is 0. The zero-order valence-corrected chi connectivity index (χ0v) is 20.0. The van der Waals surface area contributed by atoms with Crippen molar-refractivity contribution in [2.24, 2.45) is 5.92 Å². The first-order chi connectivity index (χ1) is 14.8. The molecule has 5 N–H and O–H groups in total. The summed E-state index contributed by atoms with van der Waals surface area (Å²) in [5.41, 5.74) is 0. The van der Waals surface area contributed by atoms with Crippen molar-refractivity contribution in [2.45, 2.75) is 116 Å². The molecular formula is C24H50O7. The third kappa shape index (κ3) is 31.5. The Bertz CT molecular complexity index is 354. The van der Waals surface area contributed by atoms with Crippen LogP contribution in [0.15, 0.2) is 0 Å². The fourth-order valence-corrected chi connectivity index (χ4v) is 3.04. The van der Waals surface area contributed by atoms with E-state index in [1.807, 2.05) is 0 Å². The monoisotopic (exact) mass is 450 g/mol. The number of aliphatic hydroxyl groups is 4. The van der Waals surface area contributed by atoms with Crippen LogP contribution in [0.2, 0.25) is 0 Å². The Morgan fingerprint density at radius 2 is 1.03 bits per heavy atom. The number of unbranched alkanes of at least 4 members (excludes halogenated alkanes) is 11. The highest BCUT2D eigenvalue weighted by Crippen LogP contribution is 2.14. The van der Waals surface area contributed by atoms with Crippen LogP contribution in [0.1, 0.15) is 104 Å². The zero-order valence-electron chi connectivity index (χ0n) is 20.0. The second-order valence-corrected chi connectivity index (χ2v) is 8.78. The Hall–Kier alpha value is -0.730. The van der Waals surface area contributed by atoms with Gasteiger partial charge in [-0.15, -0.1) is 0 Å². The zero-order chi connectivity index (χ0) is 23.7. The maximum absolute atomic E-state index is 10.3. The number of ether oxygens (including phenoxy) is 1. The minimum Gasteiger partial charge on any atom is -0.481 e. The summed E-state index contributed by atoms with van der Waals surface area (Å²) >= 11 is 0. The van der Waals surface area contributed by atoms with E-state index < -0.39 is 18.2 Å². The largest absolute Gasteiger partial charge is 0.481 e. The Morgan fingerprint density at radius 1 is 0.677 bits per heavy atom. The second-order valence-electron chi connectivity index (χ2n) is 8.78. The minimum atomic E-state index is -0.916. The van der Waals surface area contributed by atoms with E-state index in [0.717, 1.165) is 18.8 Å². The van der Waals surface area contributed by atoms with Gasteiger partial charge in [-0.05, 0) is 12.3 Å². The number of aliphatic hydroxyl groups excluding tert-OH is 4. The average molecular weight is 451 g/mol. The van der Waals surface area contributed by atoms with Crippen molar-refractivity contribution >= 4 is 5.97 Å². The molecule has 7 heteroatoms. The Morgan fingerprint density at radius 3 is 1.35 bits per heavy atom. The third-order valence-corrected chi connectivity index (χ3v) is 4.96. The molecule has 188 valence electrons. The van der Waals surface area contributed by atoms with Gasteiger partial charge in [-0.1, -0.05) is 90.9 Å². The SMILES string of the molecule is CC(C)CCCCCCCCCCCCCCC(=O)O.OCC(O)COCC(O)CO. The molecule has 0 bridgehead atoms. The molecule has 0 aromatic carbocycles. The predicted molar refractivity (Wildman–Crippen MR) is 124 cm³/mol. The van der Waals surface area contributed by atoms with Gasteiger partial charge in [0.15, 0.2) is 0 Å². The molecule has 0 aromatic heterocycles. The number of hydrogen-bond acceptors (Lipinski definition) is 6. The van der Waals surface area contributed by atoms with E-state index in [1.165, 1.54) is 70.6 Å². The molecule has 2 atom stereocenters. The molecule has 0 radical (unpaired) electrons. The van der Waals surface area contributed by atoms with E-state index in [2.05, 4.69) is 13.8 Å². The van der Waals surface area contributed by atoms with Crippen molar-refractivity contribution < 1.29 is 35.1 Å². The molecule has 0 amide bonds. The molecule has 0 aliphatic rings. The van der Waals surface area contributed by atoms with Gasteiger partial charge in [0.1, 0.15) is 12.2 Å². The Balaban J connectivity index is 0. The standard InChI is InChI=1S/C18H36O2.C6H14O5/c1-17(2)15-13-11-9-7-5-3-4-6-8-10-12-14-16-18(19)20;7-1-5(9)3-11-4-6(10)2-8/h17H,3-16H2,1-2H3,(H,19,20);5-10H,1-4H2. The Labute approximate surface area is 189 Å². The van der Waals surface area contributed by atoms with Crippen LogP contribution < -0.4 is 0 Å². The van der Waals surface area contributed by atoms with Crippen LogP contribution in [0, 0.1) is 5.92 Å². The molecular weight excluding hydrogens is 400 g/mol. The highest BCUT2D eigenvalue weighted by Gasteiger charge is 2.05. The summed E-state index contributed by atoms with van der Waals surface area (Å²) in [6.45, 7) is 3.81. The summed E-state index contributed by atoms with van der Waals surface area (Å²) < 4.78 is 4.72. The number of rotatable bonds is 21. The van der Waals surface area contributed by atoms with Gasteiger partial charge in [0, 0.05) is 6.42 Å². The minimum absolute atomic E-state index is 0.0342. The van der Waals surface area contributed by atoms with E-state index >= 15 is 0 Å². The lowest BCUT2D eigenvalue weighted by Crippen LogP contribution is -2.25. The van der Waals surface area contributed by atoms with Gasteiger partial charge < -0.3 is 30.3 Å². The first-order valence-electron chi connectivity index (χ1n) is 12.2. The van der Waals surface area contributed by atoms with Gasteiger partial charge >= 0.3 is 5.97 Å². The maximum Gasteiger partial charge on any atom is 0.303 e. The fraction of sp³-hybridized carbons (Fsp3) is 0.958. The van der Waals surface area contributed by atoms with Crippen LogP contribution in [0.5, 0.6) is 0 Å². The average Bonchev–Trinajstić information content (AvgIpc) is 2.73. The van der Waals surface area contributed by atoms with Gasteiger partial charge in [-0.25, -0.2) is 0 Å². The van der Waals surface area contributed by atoms with Crippen LogP contribution in [0.3, 0.4) is 0 Å². The van der Waals surface area contributed by atoms with E-state index in [9.17, 15) is 4.79 Å². The number of carbonyl (C=O) groups is 1. The highest BCUT2D eigenvalue weighted by atomic mass is 16.5. The van der Waals surface area contributed by atoms with Crippen molar-refractivity contribution in [3.8, 4) is 0 Å². The van der Waals surface area contributed by atoms with Crippen molar-refractivity contribution in [1.82, 2.24) is 0 Å². The van der Waals surface area contributed by atoms with E-state index in [-0.39, 0.29) is 26.4 Å². The number of hydrogen-bond donors (Lipinski definition) is 5. The Kier molecular flexibility index (Phi) is 26.7. The number of carboxylic acids is 1. The van der Waals surface area contributed by atoms with E-state index in [0.29, 0.717) is 6.42 Å². The lowest BCUT2D eigenvalue weighted by atomic mass is 10.0. The second kappa shape index (κ2) is 25.5. The van der Waals surface area contributed by atoms with Crippen molar-refractivity contribution in [3.63, 3.8) is 0 Å². The summed E-state index contributed by atoms with van der Waals surface area (Å²) in [5, 5.41) is 42.6. The van der Waals surface area contributed by atoms with Gasteiger partial charge in [0.05, 0.1) is 26.4 Å². The normalized spacial score (nSPS) is 13.0. The summed E-state index contributed by atoms with van der Waals surface area (Å²) in [6.07, 6.45) is 15.5. The molecule has 7 nitrogen and oxygen atoms in total. The first kappa shape index (κ1) is 32.4. The highest BCUT2D eigenvalue weighted by molar-refractivity contribution is 5.66. The van der Waals surface area contributed by atoms with Crippen LogP contribution in [0.4, 0.5) is 0 Å². The van der Waals surface area contributed by atoms with Gasteiger partial charge in [-0.2, -0.15) is 0 Å². The van der Waals surface area contributed by atoms with Crippen molar-refractivity contribution in [2.75, 3.05) is 26.4 Å². The molecule has 31 heavy (non-hydrogen) atoms. The molecule has 0 rings (SSSR count). The van der Waals surface area contributed by atoms with Crippen molar-refractivity contribution in [3.05, 3.63) is 0 Å². The quantitative estimate of drug-likeness (QED) is 0.168. The van der Waals surface area contributed by atoms with Gasteiger partial charge in [-0.3, -0.25) is 4.79 Å². The number of carboxylic acid groups (broad SMARTS) is 1. The van der Waals surface area contributed by atoms with Crippen LogP contribution in [-0.2, 0) is 9.53 Å². The summed E-state index contributed by atoms with van der Waals surface area (Å²) in [4.78, 5) is 10.3. The lowest BCUT2D eigenvalue weighted by Gasteiger charge is -2.10. The molecule has 0 saturated carbocycles. The predicted octanol–water partition coefficient (Wildman–Crippen LogP) is 3.90. The van der Waals surface area contributed by atoms with Gasteiger partial charge in [0.25, 0.3) is 0 Å². The lowest BCUT2D eigenvalue weighted by molar-refractivity contribution is -0.137. The summed E-state index contributed by atoms with van der Waals surface area (Å²) in [7, 11) is 0. The first-order valence-corrected chi connectivity index (χ1v) is 12.2. The fourth-order valence-electron chi connectivity index (χ4n) is 3.04. The molecule has 0 fully saturated rings. The molecule has 0 aliphatic heterocycles. The molecule has 2 unspecified atom stereocenters. The third-order valence-electron chi connectivity index (χ3n) is 4.96. The van der Waals surface area contributed by atoms with Crippen molar-refractivity contribution in [1.29, 1.82) is 0 Å².